The molecule has 0 aromatic carbocycles. The van der Waals surface area contributed by atoms with Gasteiger partial charge in [-0.25, -0.2) is 0 Å². The minimum absolute atomic E-state index is 0.00826. The minimum atomic E-state index is -1.97. The lowest BCUT2D eigenvalue weighted by molar-refractivity contribution is -0.135. The van der Waals surface area contributed by atoms with Crippen molar-refractivity contribution in [2.75, 3.05) is 0 Å². The second-order valence-electron chi connectivity index (χ2n) is 9.31. The van der Waals surface area contributed by atoms with E-state index in [1.54, 1.807) is 0 Å². The first kappa shape index (κ1) is 19.9. The maximum atomic E-state index is 12.3. The molecule has 0 rings (SSSR count). The van der Waals surface area contributed by atoms with E-state index in [9.17, 15) is 4.79 Å². The molecule has 0 radical (unpaired) electrons. The van der Waals surface area contributed by atoms with Gasteiger partial charge >= 0.3 is 0 Å². The standard InChI is InChI=1S/C16H36O2Si2/c1-13(19(8,9)15(2,3)4)12-14(17)18-20(10,11)16(5,6)7/h13H,12H2,1-11H3. The van der Waals surface area contributed by atoms with Crippen molar-refractivity contribution in [2.24, 2.45) is 0 Å². The molecular formula is C16H36O2Si2. The predicted octanol–water partition coefficient (Wildman–Crippen LogP) is 5.82. The van der Waals surface area contributed by atoms with Gasteiger partial charge < -0.3 is 4.43 Å². The van der Waals surface area contributed by atoms with Crippen molar-refractivity contribution >= 4 is 22.4 Å². The average molecular weight is 317 g/mol. The third-order valence-corrected chi connectivity index (χ3v) is 16.7. The third-order valence-electron chi connectivity index (χ3n) is 5.81. The van der Waals surface area contributed by atoms with E-state index in [1.807, 2.05) is 0 Å². The first-order valence-electron chi connectivity index (χ1n) is 7.74. The van der Waals surface area contributed by atoms with Gasteiger partial charge in [0.25, 0.3) is 14.3 Å². The quantitative estimate of drug-likeness (QED) is 0.610. The fourth-order valence-corrected chi connectivity index (χ4v) is 4.84. The van der Waals surface area contributed by atoms with Crippen LogP contribution in [0.1, 0.15) is 54.9 Å². The Kier molecular flexibility index (Phi) is 5.92. The van der Waals surface area contributed by atoms with Gasteiger partial charge in [-0.3, -0.25) is 4.79 Å². The third kappa shape index (κ3) is 4.73. The van der Waals surface area contributed by atoms with E-state index >= 15 is 0 Å². The summed E-state index contributed by atoms with van der Waals surface area (Å²) in [5, 5.41) is 0.395. The Labute approximate surface area is 128 Å². The van der Waals surface area contributed by atoms with Crippen molar-refractivity contribution in [1.82, 2.24) is 0 Å². The van der Waals surface area contributed by atoms with Crippen LogP contribution in [-0.4, -0.2) is 22.4 Å². The summed E-state index contributed by atoms with van der Waals surface area (Å²) in [5.41, 5.74) is 0.444. The number of hydrogen-bond acceptors (Lipinski definition) is 2. The molecule has 0 aliphatic heterocycles. The second-order valence-corrected chi connectivity index (χ2v) is 20.0. The van der Waals surface area contributed by atoms with Gasteiger partial charge in [0.2, 0.25) is 0 Å². The summed E-state index contributed by atoms with van der Waals surface area (Å²) >= 11 is 0. The summed E-state index contributed by atoms with van der Waals surface area (Å²) in [5.74, 6) is 0.00826. The van der Waals surface area contributed by atoms with Crippen LogP contribution in [-0.2, 0) is 9.22 Å². The molecular weight excluding hydrogens is 280 g/mol. The van der Waals surface area contributed by atoms with E-state index in [0.717, 1.165) is 0 Å². The van der Waals surface area contributed by atoms with E-state index in [1.165, 1.54) is 0 Å². The fourth-order valence-electron chi connectivity index (χ4n) is 1.72. The summed E-state index contributed by atoms with van der Waals surface area (Å²) in [7, 11) is -3.45. The summed E-state index contributed by atoms with van der Waals surface area (Å²) in [6.45, 7) is 24.7. The molecule has 0 N–H and O–H groups in total. The highest BCUT2D eigenvalue weighted by atomic mass is 28.4. The maximum absolute atomic E-state index is 12.3. The van der Waals surface area contributed by atoms with Gasteiger partial charge in [0, 0.05) is 6.42 Å². The van der Waals surface area contributed by atoms with E-state index in [2.05, 4.69) is 74.7 Å². The van der Waals surface area contributed by atoms with Gasteiger partial charge in [0.05, 0.1) is 8.07 Å². The summed E-state index contributed by atoms with van der Waals surface area (Å²) in [6.07, 6.45) is 0.572. The molecule has 0 aliphatic rings. The number of hydrogen-bond donors (Lipinski definition) is 0. The highest BCUT2D eigenvalue weighted by Crippen LogP contribution is 2.45. The molecule has 0 aliphatic carbocycles. The molecule has 0 spiro atoms. The lowest BCUT2D eigenvalue weighted by Gasteiger charge is -2.42. The Morgan fingerprint density at radius 2 is 1.35 bits per heavy atom. The molecule has 2 nitrogen and oxygen atoms in total. The topological polar surface area (TPSA) is 26.3 Å². The molecule has 0 aromatic rings. The van der Waals surface area contributed by atoms with E-state index in [4.69, 9.17) is 4.43 Å². The molecule has 4 heteroatoms. The summed E-state index contributed by atoms with van der Waals surface area (Å²) in [6, 6.07) is 0. The Morgan fingerprint density at radius 3 is 1.65 bits per heavy atom. The number of carbonyl (C=O) groups excluding carboxylic acids is 1. The average Bonchev–Trinajstić information content (AvgIpc) is 2.12. The van der Waals surface area contributed by atoms with Crippen LogP contribution in [0.15, 0.2) is 0 Å². The highest BCUT2D eigenvalue weighted by molar-refractivity contribution is 6.81. The molecule has 0 heterocycles. The van der Waals surface area contributed by atoms with E-state index < -0.39 is 16.4 Å². The zero-order valence-electron chi connectivity index (χ0n) is 15.6. The van der Waals surface area contributed by atoms with Crippen LogP contribution in [0.2, 0.25) is 41.8 Å². The molecule has 0 saturated carbocycles. The Morgan fingerprint density at radius 1 is 0.950 bits per heavy atom. The zero-order chi connectivity index (χ0) is 16.6. The van der Waals surface area contributed by atoms with Gasteiger partial charge in [0.15, 0.2) is 0 Å². The fraction of sp³-hybridized carbons (Fsp3) is 0.938. The Bertz CT molecular complexity index is 346. The predicted molar refractivity (Wildman–Crippen MR) is 94.5 cm³/mol. The van der Waals surface area contributed by atoms with Gasteiger partial charge in [-0.05, 0) is 28.7 Å². The summed E-state index contributed by atoms with van der Waals surface area (Å²) < 4.78 is 5.90. The molecule has 1 unspecified atom stereocenters. The smallest absolute Gasteiger partial charge is 0.292 e. The van der Waals surface area contributed by atoms with Crippen molar-refractivity contribution in [3.8, 4) is 0 Å². The summed E-state index contributed by atoms with van der Waals surface area (Å²) in [4.78, 5) is 12.3. The van der Waals surface area contributed by atoms with Gasteiger partial charge in [-0.15, -0.1) is 0 Å². The van der Waals surface area contributed by atoms with Crippen LogP contribution in [0.25, 0.3) is 0 Å². The van der Waals surface area contributed by atoms with Crippen molar-refractivity contribution in [3.63, 3.8) is 0 Å². The van der Waals surface area contributed by atoms with Crippen molar-refractivity contribution in [2.45, 2.75) is 96.7 Å². The Hall–Kier alpha value is -0.0962. The normalized spacial score (nSPS) is 15.9. The molecule has 0 saturated heterocycles. The van der Waals surface area contributed by atoms with Gasteiger partial charge in [-0.1, -0.05) is 61.6 Å². The monoisotopic (exact) mass is 316 g/mol. The highest BCUT2D eigenvalue weighted by Gasteiger charge is 2.43. The van der Waals surface area contributed by atoms with Crippen molar-refractivity contribution in [3.05, 3.63) is 0 Å². The zero-order valence-corrected chi connectivity index (χ0v) is 17.6. The molecule has 0 aromatic heterocycles. The molecule has 120 valence electrons. The van der Waals surface area contributed by atoms with Crippen molar-refractivity contribution in [1.29, 1.82) is 0 Å². The SMILES string of the molecule is CC(CC(=O)O[Si](C)(C)C(C)(C)C)[Si](C)(C)C(C)(C)C. The molecule has 0 fully saturated rings. The lowest BCUT2D eigenvalue weighted by Crippen LogP contribution is -2.45. The second kappa shape index (κ2) is 5.95. The number of carbonyl (C=O) groups is 1. The molecule has 0 amide bonds. The molecule has 0 bridgehead atoms. The van der Waals surface area contributed by atoms with Gasteiger partial charge in [-0.2, -0.15) is 0 Å². The van der Waals surface area contributed by atoms with E-state index in [-0.39, 0.29) is 11.0 Å². The lowest BCUT2D eigenvalue weighted by atomic mass is 10.2. The Balaban J connectivity index is 4.81. The van der Waals surface area contributed by atoms with Crippen LogP contribution in [0.5, 0.6) is 0 Å². The van der Waals surface area contributed by atoms with Gasteiger partial charge in [0.1, 0.15) is 0 Å². The first-order valence-corrected chi connectivity index (χ1v) is 13.7. The van der Waals surface area contributed by atoms with Crippen LogP contribution in [0, 0.1) is 0 Å². The minimum Gasteiger partial charge on any atom is -0.519 e. The molecule has 20 heavy (non-hydrogen) atoms. The molecule has 1 atom stereocenters. The maximum Gasteiger partial charge on any atom is 0.292 e. The number of rotatable bonds is 4. The van der Waals surface area contributed by atoms with Crippen LogP contribution in [0.3, 0.4) is 0 Å². The largest absolute Gasteiger partial charge is 0.519 e. The van der Waals surface area contributed by atoms with Crippen LogP contribution < -0.4 is 0 Å². The van der Waals surface area contributed by atoms with E-state index in [0.29, 0.717) is 17.0 Å². The van der Waals surface area contributed by atoms with Crippen LogP contribution >= 0.6 is 0 Å². The first-order chi connectivity index (χ1) is 8.52. The van der Waals surface area contributed by atoms with Crippen LogP contribution in [0.4, 0.5) is 0 Å². The van der Waals surface area contributed by atoms with Crippen molar-refractivity contribution < 1.29 is 9.22 Å².